The molecule has 2 aromatic carbocycles. The largest absolute Gasteiger partial charge is 0.573 e. The van der Waals surface area contributed by atoms with E-state index in [0.717, 1.165) is 17.6 Å². The third-order valence-corrected chi connectivity index (χ3v) is 5.67. The van der Waals surface area contributed by atoms with E-state index in [1.807, 2.05) is 0 Å². The molecule has 0 aliphatic carbocycles. The number of rotatable bonds is 9. The van der Waals surface area contributed by atoms with Crippen molar-refractivity contribution in [1.29, 1.82) is 0 Å². The first-order valence-corrected chi connectivity index (χ1v) is 11.0. The van der Waals surface area contributed by atoms with Crippen LogP contribution in [-0.2, 0) is 11.2 Å². The van der Waals surface area contributed by atoms with Crippen LogP contribution in [0.25, 0.3) is 11.4 Å². The lowest BCUT2D eigenvalue weighted by atomic mass is 10.1. The zero-order chi connectivity index (χ0) is 25.1. The Morgan fingerprint density at radius 3 is 2.53 bits per heavy atom. The van der Waals surface area contributed by atoms with Gasteiger partial charge in [0, 0.05) is 12.0 Å². The molecule has 0 aliphatic heterocycles. The second kappa shape index (κ2) is 10.1. The molecule has 7 nitrogen and oxygen atoms in total. The third-order valence-electron chi connectivity index (χ3n) is 4.51. The average Bonchev–Trinajstić information content (AvgIpc) is 3.19. The van der Waals surface area contributed by atoms with Crippen LogP contribution in [0.3, 0.4) is 0 Å². The Labute approximate surface area is 202 Å². The van der Waals surface area contributed by atoms with E-state index < -0.39 is 23.7 Å². The van der Waals surface area contributed by atoms with Crippen LogP contribution in [0.1, 0.15) is 24.4 Å². The number of carboxylic acids is 1. The Bertz CT molecular complexity index is 1180. The zero-order valence-electron chi connectivity index (χ0n) is 18.3. The predicted molar refractivity (Wildman–Crippen MR) is 120 cm³/mol. The minimum absolute atomic E-state index is 0.191. The summed E-state index contributed by atoms with van der Waals surface area (Å²) in [5.41, 5.74) is -0.438. The molecule has 1 N–H and O–H groups in total. The predicted octanol–water partition coefficient (Wildman–Crippen LogP) is 5.93. The number of hydrogen-bond donors (Lipinski definition) is 1. The molecule has 0 bridgehead atoms. The molecule has 0 spiro atoms. The zero-order valence-corrected chi connectivity index (χ0v) is 19.8. The maximum Gasteiger partial charge on any atom is 0.573 e. The number of ether oxygens (including phenoxy) is 3. The molecule has 3 rings (SSSR count). The number of carboxylic acid groups (broad SMARTS) is 1. The minimum atomic E-state index is -4.87. The molecule has 0 radical (unpaired) electrons. The Morgan fingerprint density at radius 1 is 1.15 bits per heavy atom. The smallest absolute Gasteiger partial charge is 0.493 e. The molecule has 0 amide bonds. The maximum atomic E-state index is 12.5. The van der Waals surface area contributed by atoms with Crippen molar-refractivity contribution in [2.24, 2.45) is 0 Å². The summed E-state index contributed by atoms with van der Waals surface area (Å²) in [6.07, 6.45) is -4.47. The molecule has 0 saturated heterocycles. The van der Waals surface area contributed by atoms with Crippen molar-refractivity contribution in [2.45, 2.75) is 39.2 Å². The fourth-order valence-electron chi connectivity index (χ4n) is 2.75. The molecular formula is C22H20ClF3N2O5S. The first-order chi connectivity index (χ1) is 15.9. The van der Waals surface area contributed by atoms with Gasteiger partial charge in [-0.25, -0.2) is 9.78 Å². The van der Waals surface area contributed by atoms with Gasteiger partial charge in [0.25, 0.3) is 0 Å². The van der Waals surface area contributed by atoms with Crippen molar-refractivity contribution in [3.8, 4) is 28.6 Å². The van der Waals surface area contributed by atoms with Crippen LogP contribution in [0.5, 0.6) is 17.2 Å². The van der Waals surface area contributed by atoms with Gasteiger partial charge in [-0.05, 0) is 68.2 Å². The van der Waals surface area contributed by atoms with Crippen LogP contribution in [-0.4, -0.2) is 39.0 Å². The molecule has 3 aromatic rings. The number of halogens is 4. The molecule has 0 atom stereocenters. The number of benzene rings is 2. The summed E-state index contributed by atoms with van der Waals surface area (Å²) in [6, 6.07) is 9.02. The number of aryl methyl sites for hydroxylation is 1. The summed E-state index contributed by atoms with van der Waals surface area (Å²) in [6.45, 7) is 4.96. The average molecular weight is 517 g/mol. The van der Waals surface area contributed by atoms with Gasteiger partial charge in [-0.15, -0.1) is 13.2 Å². The van der Waals surface area contributed by atoms with Crippen molar-refractivity contribution >= 4 is 29.1 Å². The van der Waals surface area contributed by atoms with Crippen LogP contribution < -0.4 is 14.2 Å². The molecule has 12 heteroatoms. The van der Waals surface area contributed by atoms with Crippen LogP contribution in [0.15, 0.2) is 36.4 Å². The van der Waals surface area contributed by atoms with E-state index in [0.29, 0.717) is 28.5 Å². The molecule has 0 saturated carbocycles. The van der Waals surface area contributed by atoms with Crippen molar-refractivity contribution < 1.29 is 37.3 Å². The number of aromatic nitrogens is 2. The van der Waals surface area contributed by atoms with Crippen LogP contribution >= 0.6 is 23.1 Å². The monoisotopic (exact) mass is 516 g/mol. The number of nitrogens with zero attached hydrogens (tertiary/aromatic N) is 2. The Hall–Kier alpha value is -3.05. The van der Waals surface area contributed by atoms with E-state index in [9.17, 15) is 23.1 Å². The Morgan fingerprint density at radius 2 is 1.88 bits per heavy atom. The van der Waals surface area contributed by atoms with E-state index in [2.05, 4.69) is 14.1 Å². The molecule has 1 aromatic heterocycles. The SMILES string of the molecule is Cc1cc(OCCc2nc(-c3cccc(OC(F)(F)F)c3Cl)ns2)ccc1OC(C)(C)C(=O)O. The lowest BCUT2D eigenvalue weighted by Crippen LogP contribution is -2.38. The van der Waals surface area contributed by atoms with E-state index in [1.165, 1.54) is 26.0 Å². The summed E-state index contributed by atoms with van der Waals surface area (Å²) in [4.78, 5) is 15.6. The van der Waals surface area contributed by atoms with Gasteiger partial charge in [0.05, 0.1) is 11.6 Å². The van der Waals surface area contributed by atoms with Crippen LogP contribution in [0, 0.1) is 6.92 Å². The summed E-state index contributed by atoms with van der Waals surface area (Å²) in [5, 5.41) is 9.57. The highest BCUT2D eigenvalue weighted by Gasteiger charge is 2.33. The summed E-state index contributed by atoms with van der Waals surface area (Å²) >= 11 is 7.14. The summed E-state index contributed by atoms with van der Waals surface area (Å²) < 4.78 is 57.0. The van der Waals surface area contributed by atoms with Gasteiger partial charge in [-0.2, -0.15) is 4.37 Å². The van der Waals surface area contributed by atoms with E-state index in [4.69, 9.17) is 21.1 Å². The lowest BCUT2D eigenvalue weighted by molar-refractivity contribution is -0.274. The number of alkyl halides is 3. The fourth-order valence-corrected chi connectivity index (χ4v) is 3.64. The first kappa shape index (κ1) is 25.6. The standard InChI is InChI=1S/C22H20ClF3N2O5S/c1-12-11-13(7-8-15(12)32-21(2,3)20(29)30)31-10-9-17-27-19(28-34-17)14-5-4-6-16(18(14)23)33-22(24,25)26/h4-8,11H,9-10H2,1-3H3,(H,29,30). The van der Waals surface area contributed by atoms with Gasteiger partial charge < -0.3 is 19.3 Å². The van der Waals surface area contributed by atoms with Gasteiger partial charge in [0.15, 0.2) is 11.4 Å². The Balaban J connectivity index is 1.62. The maximum absolute atomic E-state index is 12.5. The molecule has 34 heavy (non-hydrogen) atoms. The normalized spacial score (nSPS) is 11.9. The van der Waals surface area contributed by atoms with Crippen molar-refractivity contribution in [3.05, 3.63) is 52.0 Å². The molecule has 182 valence electrons. The molecule has 0 aliphatic rings. The summed E-state index contributed by atoms with van der Waals surface area (Å²) in [7, 11) is 0. The highest BCUT2D eigenvalue weighted by molar-refractivity contribution is 7.05. The quantitative estimate of drug-likeness (QED) is 0.377. The van der Waals surface area contributed by atoms with E-state index in [1.54, 1.807) is 25.1 Å². The topological polar surface area (TPSA) is 90.8 Å². The first-order valence-electron chi connectivity index (χ1n) is 9.89. The molecule has 0 unspecified atom stereocenters. The Kier molecular flexibility index (Phi) is 7.57. The molecule has 1 heterocycles. The van der Waals surface area contributed by atoms with Crippen molar-refractivity contribution in [2.75, 3.05) is 6.61 Å². The van der Waals surface area contributed by atoms with Crippen LogP contribution in [0.2, 0.25) is 5.02 Å². The van der Waals surface area contributed by atoms with Gasteiger partial charge in [-0.3, -0.25) is 0 Å². The van der Waals surface area contributed by atoms with Crippen LogP contribution in [0.4, 0.5) is 13.2 Å². The second-order valence-electron chi connectivity index (χ2n) is 7.62. The van der Waals surface area contributed by atoms with Gasteiger partial charge >= 0.3 is 12.3 Å². The second-order valence-corrected chi connectivity index (χ2v) is 8.83. The minimum Gasteiger partial charge on any atom is -0.493 e. The van der Waals surface area contributed by atoms with Crippen molar-refractivity contribution in [3.63, 3.8) is 0 Å². The number of hydrogen-bond acceptors (Lipinski definition) is 7. The lowest BCUT2D eigenvalue weighted by Gasteiger charge is -2.23. The fraction of sp³-hybridized carbons (Fsp3) is 0.318. The molecule has 0 fully saturated rings. The van der Waals surface area contributed by atoms with Gasteiger partial charge in [0.2, 0.25) is 0 Å². The number of aliphatic carboxylic acids is 1. The molecular weight excluding hydrogens is 497 g/mol. The van der Waals surface area contributed by atoms with Crippen molar-refractivity contribution in [1.82, 2.24) is 9.36 Å². The van der Waals surface area contributed by atoms with E-state index in [-0.39, 0.29) is 23.0 Å². The van der Waals surface area contributed by atoms with E-state index >= 15 is 0 Å². The highest BCUT2D eigenvalue weighted by atomic mass is 35.5. The summed E-state index contributed by atoms with van der Waals surface area (Å²) in [5.74, 6) is -0.425. The highest BCUT2D eigenvalue weighted by Crippen LogP contribution is 2.37. The van der Waals surface area contributed by atoms with Gasteiger partial charge in [0.1, 0.15) is 22.3 Å². The van der Waals surface area contributed by atoms with Gasteiger partial charge in [-0.1, -0.05) is 17.7 Å². The number of carbonyl (C=O) groups is 1. The third kappa shape index (κ3) is 6.51.